The maximum atomic E-state index is 5.94. The molecule has 0 saturated heterocycles. The number of hydrogen-bond donors (Lipinski definition) is 1. The van der Waals surface area contributed by atoms with Crippen molar-refractivity contribution in [1.29, 1.82) is 0 Å². The quantitative estimate of drug-likeness (QED) is 0.454. The van der Waals surface area contributed by atoms with E-state index in [4.69, 9.17) is 4.42 Å². The number of aromatic nitrogens is 3. The van der Waals surface area contributed by atoms with Crippen LogP contribution in [-0.4, -0.2) is 28.5 Å². The van der Waals surface area contributed by atoms with E-state index in [0.717, 1.165) is 57.0 Å². The number of oxazole rings is 1. The zero-order chi connectivity index (χ0) is 20.0. The molecule has 3 heterocycles. The molecule has 5 rings (SSSR count). The molecule has 7 heteroatoms. The highest BCUT2D eigenvalue weighted by Gasteiger charge is 2.25. The smallest absolute Gasteiger partial charge is 0.227 e. The number of fused-ring (bicyclic) bond motifs is 2. The number of hydrogen-bond acceptors (Lipinski definition) is 6. The number of aryl methyl sites for hydroxylation is 1. The van der Waals surface area contributed by atoms with Crippen molar-refractivity contribution in [3.05, 3.63) is 64.5 Å². The van der Waals surface area contributed by atoms with Gasteiger partial charge in [-0.3, -0.25) is 0 Å². The standard InChI is InChI=1S/C22H20BrN5O/c1-13-24-12-17-18(9-10-28(2)21(17)25-13)26-16-7-8-20-19(11-16)27-22(29-20)14-3-5-15(23)6-4-14/h3-8,11-12,18,26H,9-10H2,1-2H3. The summed E-state index contributed by atoms with van der Waals surface area (Å²) in [5.41, 5.74) is 4.70. The summed E-state index contributed by atoms with van der Waals surface area (Å²) < 4.78 is 6.97. The van der Waals surface area contributed by atoms with Gasteiger partial charge < -0.3 is 14.6 Å². The Morgan fingerprint density at radius 3 is 2.79 bits per heavy atom. The molecule has 6 nitrogen and oxygen atoms in total. The largest absolute Gasteiger partial charge is 0.436 e. The summed E-state index contributed by atoms with van der Waals surface area (Å²) in [6.45, 7) is 2.87. The van der Waals surface area contributed by atoms with Crippen LogP contribution in [0.3, 0.4) is 0 Å². The van der Waals surface area contributed by atoms with Crippen LogP contribution < -0.4 is 10.2 Å². The van der Waals surface area contributed by atoms with E-state index in [1.54, 1.807) is 0 Å². The van der Waals surface area contributed by atoms with Crippen molar-refractivity contribution in [1.82, 2.24) is 15.0 Å². The molecular formula is C22H20BrN5O. The van der Waals surface area contributed by atoms with Crippen LogP contribution in [0.25, 0.3) is 22.6 Å². The monoisotopic (exact) mass is 449 g/mol. The first-order chi connectivity index (χ1) is 14.1. The number of rotatable bonds is 3. The minimum atomic E-state index is 0.164. The molecule has 2 aromatic carbocycles. The minimum absolute atomic E-state index is 0.164. The normalized spacial score (nSPS) is 16.1. The lowest BCUT2D eigenvalue weighted by Gasteiger charge is -2.32. The maximum Gasteiger partial charge on any atom is 0.227 e. The summed E-state index contributed by atoms with van der Waals surface area (Å²) >= 11 is 3.46. The summed E-state index contributed by atoms with van der Waals surface area (Å²) in [4.78, 5) is 15.9. The van der Waals surface area contributed by atoms with Gasteiger partial charge in [-0.25, -0.2) is 15.0 Å². The van der Waals surface area contributed by atoms with Gasteiger partial charge in [-0.05, 0) is 55.8 Å². The van der Waals surface area contributed by atoms with Crippen LogP contribution in [0.15, 0.2) is 57.6 Å². The predicted molar refractivity (Wildman–Crippen MR) is 118 cm³/mol. The fourth-order valence-electron chi connectivity index (χ4n) is 3.69. The van der Waals surface area contributed by atoms with Crippen LogP contribution in [-0.2, 0) is 0 Å². The van der Waals surface area contributed by atoms with Crippen molar-refractivity contribution in [2.24, 2.45) is 0 Å². The van der Waals surface area contributed by atoms with Crippen LogP contribution in [0.5, 0.6) is 0 Å². The number of halogens is 1. The number of nitrogens with zero attached hydrogens (tertiary/aromatic N) is 4. The Kier molecular flexibility index (Phi) is 4.47. The lowest BCUT2D eigenvalue weighted by molar-refractivity contribution is 0.619. The summed E-state index contributed by atoms with van der Waals surface area (Å²) in [5.74, 6) is 2.42. The van der Waals surface area contributed by atoms with Gasteiger partial charge in [0.05, 0.1) is 6.04 Å². The molecule has 0 fully saturated rings. The fraction of sp³-hybridized carbons (Fsp3) is 0.227. The van der Waals surface area contributed by atoms with Crippen molar-refractivity contribution < 1.29 is 4.42 Å². The lowest BCUT2D eigenvalue weighted by Crippen LogP contribution is -2.31. The van der Waals surface area contributed by atoms with Crippen molar-refractivity contribution in [3.63, 3.8) is 0 Å². The summed E-state index contributed by atoms with van der Waals surface area (Å²) in [6, 6.07) is 14.2. The second-order valence-corrected chi connectivity index (χ2v) is 8.23. The van der Waals surface area contributed by atoms with E-state index in [1.807, 2.05) is 55.6 Å². The van der Waals surface area contributed by atoms with E-state index in [0.29, 0.717) is 5.89 Å². The number of nitrogens with one attached hydrogen (secondary N) is 1. The van der Waals surface area contributed by atoms with E-state index >= 15 is 0 Å². The third-order valence-corrected chi connectivity index (χ3v) is 5.75. The highest BCUT2D eigenvalue weighted by Crippen LogP contribution is 2.34. The van der Waals surface area contributed by atoms with Gasteiger partial charge in [-0.15, -0.1) is 0 Å². The highest BCUT2D eigenvalue weighted by atomic mass is 79.9. The second-order valence-electron chi connectivity index (χ2n) is 7.31. The minimum Gasteiger partial charge on any atom is -0.436 e. The Balaban J connectivity index is 1.44. The zero-order valence-electron chi connectivity index (χ0n) is 16.2. The highest BCUT2D eigenvalue weighted by molar-refractivity contribution is 9.10. The molecule has 0 aliphatic carbocycles. The van der Waals surface area contributed by atoms with Crippen LogP contribution in [0.1, 0.15) is 23.9 Å². The molecule has 146 valence electrons. The zero-order valence-corrected chi connectivity index (χ0v) is 17.8. The predicted octanol–water partition coefficient (Wildman–Crippen LogP) is 5.35. The lowest BCUT2D eigenvalue weighted by atomic mass is 10.0. The van der Waals surface area contributed by atoms with Crippen molar-refractivity contribution in [2.75, 3.05) is 23.8 Å². The van der Waals surface area contributed by atoms with E-state index in [9.17, 15) is 0 Å². The Hall–Kier alpha value is -2.93. The van der Waals surface area contributed by atoms with E-state index in [1.165, 1.54) is 0 Å². The SMILES string of the molecule is Cc1ncc2c(n1)N(C)CCC2Nc1ccc2oc(-c3ccc(Br)cc3)nc2c1. The van der Waals surface area contributed by atoms with Gasteiger partial charge >= 0.3 is 0 Å². The molecule has 2 aromatic heterocycles. The molecule has 29 heavy (non-hydrogen) atoms. The molecule has 1 aliphatic heterocycles. The van der Waals surface area contributed by atoms with Crippen LogP contribution in [0.4, 0.5) is 11.5 Å². The second kappa shape index (κ2) is 7.15. The molecule has 0 bridgehead atoms. The molecule has 0 amide bonds. The average Bonchev–Trinajstić information content (AvgIpc) is 3.14. The molecule has 1 atom stereocenters. The molecule has 1 unspecified atom stereocenters. The maximum absolute atomic E-state index is 5.94. The first-order valence-electron chi connectivity index (χ1n) is 9.54. The third kappa shape index (κ3) is 3.46. The Bertz CT molecular complexity index is 1190. The molecule has 1 aliphatic rings. The molecular weight excluding hydrogens is 430 g/mol. The number of anilines is 2. The summed E-state index contributed by atoms with van der Waals surface area (Å²) in [6.07, 6.45) is 2.92. The number of benzene rings is 2. The van der Waals surface area contributed by atoms with Gasteiger partial charge in [-0.1, -0.05) is 15.9 Å². The van der Waals surface area contributed by atoms with Gasteiger partial charge in [0.15, 0.2) is 5.58 Å². The first-order valence-corrected chi connectivity index (χ1v) is 10.3. The first kappa shape index (κ1) is 18.1. The Morgan fingerprint density at radius 1 is 1.14 bits per heavy atom. The van der Waals surface area contributed by atoms with Crippen molar-refractivity contribution in [3.8, 4) is 11.5 Å². The molecule has 0 spiro atoms. The van der Waals surface area contributed by atoms with Gasteiger partial charge in [0.2, 0.25) is 5.89 Å². The van der Waals surface area contributed by atoms with E-state index in [-0.39, 0.29) is 6.04 Å². The molecule has 0 radical (unpaired) electrons. The fourth-order valence-corrected chi connectivity index (χ4v) is 3.95. The van der Waals surface area contributed by atoms with Crippen molar-refractivity contribution in [2.45, 2.75) is 19.4 Å². The van der Waals surface area contributed by atoms with Gasteiger partial charge in [0.25, 0.3) is 0 Å². The van der Waals surface area contributed by atoms with Crippen LogP contribution >= 0.6 is 15.9 Å². The summed E-state index contributed by atoms with van der Waals surface area (Å²) in [5, 5.41) is 3.63. The van der Waals surface area contributed by atoms with Gasteiger partial charge in [-0.2, -0.15) is 0 Å². The molecule has 4 aromatic rings. The Labute approximate surface area is 177 Å². The third-order valence-electron chi connectivity index (χ3n) is 5.23. The van der Waals surface area contributed by atoms with Gasteiger partial charge in [0, 0.05) is 41.1 Å². The molecule has 1 N–H and O–H groups in total. The van der Waals surface area contributed by atoms with Crippen molar-refractivity contribution >= 4 is 38.5 Å². The molecule has 0 saturated carbocycles. The average molecular weight is 450 g/mol. The van der Waals surface area contributed by atoms with Crippen LogP contribution in [0.2, 0.25) is 0 Å². The Morgan fingerprint density at radius 2 is 1.97 bits per heavy atom. The van der Waals surface area contributed by atoms with E-state index in [2.05, 4.69) is 48.1 Å². The van der Waals surface area contributed by atoms with Gasteiger partial charge in [0.1, 0.15) is 17.2 Å². The van der Waals surface area contributed by atoms with Crippen LogP contribution in [0, 0.1) is 6.92 Å². The summed E-state index contributed by atoms with van der Waals surface area (Å²) in [7, 11) is 2.08. The van der Waals surface area contributed by atoms with E-state index < -0.39 is 0 Å². The topological polar surface area (TPSA) is 67.1 Å².